The lowest BCUT2D eigenvalue weighted by molar-refractivity contribution is 0.548. The summed E-state index contributed by atoms with van der Waals surface area (Å²) in [5.74, 6) is -1.45. The van der Waals surface area contributed by atoms with Gasteiger partial charge in [-0.1, -0.05) is 0 Å². The van der Waals surface area contributed by atoms with Gasteiger partial charge >= 0.3 is 0 Å². The van der Waals surface area contributed by atoms with Gasteiger partial charge in [0.05, 0.1) is 0 Å². The average molecular weight is 296 g/mol. The number of halogens is 2. The molecule has 18 heavy (non-hydrogen) atoms. The van der Waals surface area contributed by atoms with Crippen molar-refractivity contribution in [3.8, 4) is 0 Å². The highest BCUT2D eigenvalue weighted by molar-refractivity contribution is 7.98. The summed E-state index contributed by atoms with van der Waals surface area (Å²) in [6.45, 7) is 0.194. The smallest absolute Gasteiger partial charge is 0.243 e. The Morgan fingerprint density at radius 3 is 2.67 bits per heavy atom. The molecule has 0 radical (unpaired) electrons. The Kier molecular flexibility index (Phi) is 5.36. The van der Waals surface area contributed by atoms with Crippen LogP contribution in [0.5, 0.6) is 0 Å². The van der Waals surface area contributed by atoms with Crippen LogP contribution in [0.4, 0.5) is 14.5 Å². The van der Waals surface area contributed by atoms with Crippen molar-refractivity contribution in [2.24, 2.45) is 0 Å². The van der Waals surface area contributed by atoms with Crippen LogP contribution in [-0.2, 0) is 10.0 Å². The zero-order chi connectivity index (χ0) is 13.8. The number of nitrogens with two attached hydrogens (primary N) is 1. The van der Waals surface area contributed by atoms with Crippen LogP contribution in [0.3, 0.4) is 0 Å². The fraction of sp³-hybridized carbons (Fsp3) is 0.400. The number of hydrogen-bond donors (Lipinski definition) is 2. The molecule has 0 amide bonds. The summed E-state index contributed by atoms with van der Waals surface area (Å²) in [6.07, 6.45) is 2.52. The third-order valence-corrected chi connectivity index (χ3v) is 4.37. The second kappa shape index (κ2) is 6.35. The molecule has 0 unspecified atom stereocenters. The second-order valence-electron chi connectivity index (χ2n) is 3.52. The van der Waals surface area contributed by atoms with Crippen LogP contribution < -0.4 is 10.5 Å². The maximum atomic E-state index is 13.5. The number of thioether (sulfide) groups is 1. The van der Waals surface area contributed by atoms with E-state index in [2.05, 4.69) is 4.72 Å². The minimum Gasteiger partial charge on any atom is -0.394 e. The van der Waals surface area contributed by atoms with Gasteiger partial charge in [-0.25, -0.2) is 21.9 Å². The summed E-state index contributed by atoms with van der Waals surface area (Å²) in [5, 5.41) is 0. The fourth-order valence-electron chi connectivity index (χ4n) is 1.26. The molecule has 0 fully saturated rings. The standard InChI is InChI=1S/C10H14F2N2O2S2/c1-17-6-2-5-14-18(15,16)8-4-3-7(11)10(13)9(8)12/h3-4,14H,2,5-6,13H2,1H3. The van der Waals surface area contributed by atoms with Gasteiger partial charge in [0.2, 0.25) is 10.0 Å². The summed E-state index contributed by atoms with van der Waals surface area (Å²) in [5.41, 5.74) is 4.32. The highest BCUT2D eigenvalue weighted by atomic mass is 32.2. The second-order valence-corrected chi connectivity index (χ2v) is 6.24. The molecule has 0 atom stereocenters. The van der Waals surface area contributed by atoms with Crippen LogP contribution in [0.1, 0.15) is 6.42 Å². The van der Waals surface area contributed by atoms with Gasteiger partial charge in [-0.15, -0.1) is 0 Å². The predicted octanol–water partition coefficient (Wildman–Crippen LogP) is 1.58. The van der Waals surface area contributed by atoms with E-state index in [1.165, 1.54) is 0 Å². The first kappa shape index (κ1) is 15.2. The first-order valence-corrected chi connectivity index (χ1v) is 8.00. The number of benzene rings is 1. The first-order chi connectivity index (χ1) is 8.40. The Morgan fingerprint density at radius 1 is 1.39 bits per heavy atom. The van der Waals surface area contributed by atoms with Gasteiger partial charge in [-0.2, -0.15) is 11.8 Å². The molecule has 3 N–H and O–H groups in total. The lowest BCUT2D eigenvalue weighted by Crippen LogP contribution is -2.26. The number of hydrogen-bond acceptors (Lipinski definition) is 4. The van der Waals surface area contributed by atoms with E-state index in [0.29, 0.717) is 6.42 Å². The van der Waals surface area contributed by atoms with E-state index in [0.717, 1.165) is 17.9 Å². The zero-order valence-corrected chi connectivity index (χ0v) is 11.4. The van der Waals surface area contributed by atoms with E-state index < -0.39 is 32.2 Å². The molecule has 0 spiro atoms. The number of anilines is 1. The quantitative estimate of drug-likeness (QED) is 0.617. The molecule has 0 saturated heterocycles. The van der Waals surface area contributed by atoms with Gasteiger partial charge in [0.1, 0.15) is 16.4 Å². The average Bonchev–Trinajstić information content (AvgIpc) is 2.31. The molecule has 1 aromatic carbocycles. The molecular weight excluding hydrogens is 282 g/mol. The maximum absolute atomic E-state index is 13.5. The van der Waals surface area contributed by atoms with Crippen LogP contribution in [0.15, 0.2) is 17.0 Å². The van der Waals surface area contributed by atoms with Crippen molar-refractivity contribution in [3.05, 3.63) is 23.8 Å². The largest absolute Gasteiger partial charge is 0.394 e. The Hall–Kier alpha value is -0.860. The highest BCUT2D eigenvalue weighted by Crippen LogP contribution is 2.22. The third kappa shape index (κ3) is 3.56. The van der Waals surface area contributed by atoms with Gasteiger partial charge in [0.15, 0.2) is 5.82 Å². The van der Waals surface area contributed by atoms with Crippen LogP contribution >= 0.6 is 11.8 Å². The maximum Gasteiger partial charge on any atom is 0.243 e. The van der Waals surface area contributed by atoms with Gasteiger partial charge in [0, 0.05) is 6.54 Å². The molecule has 0 aliphatic carbocycles. The molecule has 0 aliphatic heterocycles. The highest BCUT2D eigenvalue weighted by Gasteiger charge is 2.21. The number of rotatable bonds is 6. The van der Waals surface area contributed by atoms with E-state index in [4.69, 9.17) is 5.73 Å². The topological polar surface area (TPSA) is 72.2 Å². The lowest BCUT2D eigenvalue weighted by Gasteiger charge is -2.09. The van der Waals surface area contributed by atoms with E-state index in [9.17, 15) is 17.2 Å². The van der Waals surface area contributed by atoms with Crippen LogP contribution in [0.25, 0.3) is 0 Å². The van der Waals surface area contributed by atoms with Crippen molar-refractivity contribution >= 4 is 27.5 Å². The normalized spacial score (nSPS) is 11.7. The van der Waals surface area contributed by atoms with Crippen molar-refractivity contribution in [1.29, 1.82) is 0 Å². The molecule has 0 saturated carbocycles. The fourth-order valence-corrected chi connectivity index (χ4v) is 2.85. The van der Waals surface area contributed by atoms with E-state index in [1.54, 1.807) is 11.8 Å². The Balaban J connectivity index is 2.89. The van der Waals surface area contributed by atoms with Gasteiger partial charge in [0.25, 0.3) is 0 Å². The number of sulfonamides is 1. The number of nitrogen functional groups attached to an aromatic ring is 1. The van der Waals surface area contributed by atoms with E-state index in [-0.39, 0.29) is 6.54 Å². The molecule has 8 heteroatoms. The molecule has 0 bridgehead atoms. The van der Waals surface area contributed by atoms with Crippen LogP contribution in [0.2, 0.25) is 0 Å². The first-order valence-electron chi connectivity index (χ1n) is 5.12. The van der Waals surface area contributed by atoms with Crippen molar-refractivity contribution in [1.82, 2.24) is 4.72 Å². The molecule has 0 heterocycles. The molecule has 0 aromatic heterocycles. The monoisotopic (exact) mass is 296 g/mol. The molecule has 102 valence electrons. The summed E-state index contributed by atoms with van der Waals surface area (Å²) in [6, 6.07) is 1.69. The van der Waals surface area contributed by atoms with Crippen molar-refractivity contribution in [2.45, 2.75) is 11.3 Å². The third-order valence-electron chi connectivity index (χ3n) is 2.20. The van der Waals surface area contributed by atoms with Crippen LogP contribution in [-0.4, -0.2) is 27.0 Å². The minimum atomic E-state index is -3.99. The molecule has 1 rings (SSSR count). The van der Waals surface area contributed by atoms with Gasteiger partial charge < -0.3 is 5.73 Å². The summed E-state index contributed by atoms with van der Waals surface area (Å²) in [7, 11) is -3.99. The predicted molar refractivity (Wildman–Crippen MR) is 69.0 cm³/mol. The van der Waals surface area contributed by atoms with Gasteiger partial charge in [-0.3, -0.25) is 0 Å². The molecular formula is C10H14F2N2O2S2. The SMILES string of the molecule is CSCCCNS(=O)(=O)c1ccc(F)c(N)c1F. The molecule has 0 aliphatic rings. The van der Waals surface area contributed by atoms with E-state index in [1.807, 2.05) is 6.26 Å². The van der Waals surface area contributed by atoms with Crippen molar-refractivity contribution in [3.63, 3.8) is 0 Å². The lowest BCUT2D eigenvalue weighted by atomic mass is 10.3. The summed E-state index contributed by atoms with van der Waals surface area (Å²) >= 11 is 1.58. The van der Waals surface area contributed by atoms with Crippen LogP contribution in [0, 0.1) is 11.6 Å². The summed E-state index contributed by atoms with van der Waals surface area (Å²) < 4.78 is 52.2. The Bertz CT molecular complexity index is 521. The van der Waals surface area contributed by atoms with E-state index >= 15 is 0 Å². The minimum absolute atomic E-state index is 0.194. The van der Waals surface area contributed by atoms with Crippen molar-refractivity contribution in [2.75, 3.05) is 24.3 Å². The molecule has 1 aromatic rings. The Labute approximate surface area is 109 Å². The Morgan fingerprint density at radius 2 is 2.06 bits per heavy atom. The van der Waals surface area contributed by atoms with Crippen molar-refractivity contribution < 1.29 is 17.2 Å². The summed E-state index contributed by atoms with van der Waals surface area (Å²) in [4.78, 5) is -0.634. The molecule has 4 nitrogen and oxygen atoms in total. The van der Waals surface area contributed by atoms with Gasteiger partial charge in [-0.05, 0) is 30.6 Å². The number of nitrogens with one attached hydrogen (secondary N) is 1. The zero-order valence-electron chi connectivity index (χ0n) is 9.74.